The molecule has 21 heavy (non-hydrogen) atoms. The first-order valence-corrected chi connectivity index (χ1v) is 7.20. The van der Waals surface area contributed by atoms with Gasteiger partial charge in [-0.15, -0.1) is 0 Å². The van der Waals surface area contributed by atoms with E-state index in [9.17, 15) is 5.11 Å². The topological polar surface area (TPSA) is 43.6 Å². The van der Waals surface area contributed by atoms with E-state index in [1.165, 1.54) is 0 Å². The molecule has 1 aromatic heterocycles. The van der Waals surface area contributed by atoms with E-state index >= 15 is 0 Å². The number of hydrogen-bond donors (Lipinski definition) is 1. The molecule has 0 amide bonds. The maximum atomic E-state index is 10.0. The van der Waals surface area contributed by atoms with E-state index in [1.807, 2.05) is 61.1 Å². The fourth-order valence-electron chi connectivity index (χ4n) is 2.10. The Morgan fingerprint density at radius 1 is 1.10 bits per heavy atom. The third-order valence-corrected chi connectivity index (χ3v) is 3.42. The van der Waals surface area contributed by atoms with Crippen molar-refractivity contribution in [1.29, 1.82) is 0 Å². The van der Waals surface area contributed by atoms with Gasteiger partial charge in [-0.1, -0.05) is 13.8 Å². The summed E-state index contributed by atoms with van der Waals surface area (Å²) in [4.78, 5) is 0. The van der Waals surface area contributed by atoms with Gasteiger partial charge in [-0.25, -0.2) is 0 Å². The van der Waals surface area contributed by atoms with Gasteiger partial charge in [-0.05, 0) is 41.8 Å². The molecule has 1 unspecified atom stereocenters. The summed E-state index contributed by atoms with van der Waals surface area (Å²) in [6.07, 6.45) is 3.54. The maximum absolute atomic E-state index is 10.0. The molecular formula is C17H23NO3. The zero-order valence-electron chi connectivity index (χ0n) is 12.8. The summed E-state index contributed by atoms with van der Waals surface area (Å²) < 4.78 is 12.8. The Morgan fingerprint density at radius 2 is 1.76 bits per heavy atom. The molecule has 0 bridgehead atoms. The number of methoxy groups -OCH3 is 1. The number of aliphatic hydroxyl groups excluding tert-OH is 1. The third-order valence-electron chi connectivity index (χ3n) is 3.42. The van der Waals surface area contributed by atoms with Crippen LogP contribution in [0.25, 0.3) is 0 Å². The number of rotatable bonds is 7. The van der Waals surface area contributed by atoms with E-state index in [4.69, 9.17) is 9.47 Å². The van der Waals surface area contributed by atoms with Crippen LogP contribution in [-0.2, 0) is 6.54 Å². The molecule has 2 aromatic rings. The number of benzene rings is 1. The Hall–Kier alpha value is -1.94. The SMILES string of the molecule is COc1ccc(OCCn2ccc(C(O)C(C)C)c2)cc1. The number of hydrogen-bond acceptors (Lipinski definition) is 3. The second-order valence-corrected chi connectivity index (χ2v) is 5.40. The summed E-state index contributed by atoms with van der Waals surface area (Å²) in [5.41, 5.74) is 0.953. The first-order valence-electron chi connectivity index (χ1n) is 7.20. The molecule has 2 rings (SSSR count). The highest BCUT2D eigenvalue weighted by atomic mass is 16.5. The third kappa shape index (κ3) is 4.26. The highest BCUT2D eigenvalue weighted by Crippen LogP contribution is 2.21. The van der Waals surface area contributed by atoms with Gasteiger partial charge < -0.3 is 19.1 Å². The zero-order chi connectivity index (χ0) is 15.2. The first kappa shape index (κ1) is 15.4. The summed E-state index contributed by atoms with van der Waals surface area (Å²) in [6.45, 7) is 5.35. The second kappa shape index (κ2) is 7.18. The summed E-state index contributed by atoms with van der Waals surface area (Å²) >= 11 is 0. The highest BCUT2D eigenvalue weighted by molar-refractivity contribution is 5.31. The summed E-state index contributed by atoms with van der Waals surface area (Å²) in [6, 6.07) is 9.49. The molecule has 0 spiro atoms. The van der Waals surface area contributed by atoms with Crippen molar-refractivity contribution >= 4 is 0 Å². The molecular weight excluding hydrogens is 266 g/mol. The Bertz CT molecular complexity index is 545. The van der Waals surface area contributed by atoms with Gasteiger partial charge in [0.1, 0.15) is 18.1 Å². The number of ether oxygens (including phenoxy) is 2. The Morgan fingerprint density at radius 3 is 2.38 bits per heavy atom. The lowest BCUT2D eigenvalue weighted by atomic mass is 10.0. The standard InChI is InChI=1S/C17H23NO3/c1-13(2)17(19)14-8-9-18(12-14)10-11-21-16-6-4-15(20-3)5-7-16/h4-9,12-13,17,19H,10-11H2,1-3H3. The molecule has 4 nitrogen and oxygen atoms in total. The zero-order valence-corrected chi connectivity index (χ0v) is 12.8. The van der Waals surface area contributed by atoms with E-state index in [0.717, 1.165) is 23.6 Å². The Balaban J connectivity index is 1.83. The van der Waals surface area contributed by atoms with Gasteiger partial charge in [-0.3, -0.25) is 0 Å². The fourth-order valence-corrected chi connectivity index (χ4v) is 2.10. The van der Waals surface area contributed by atoms with Crippen LogP contribution in [0.4, 0.5) is 0 Å². The van der Waals surface area contributed by atoms with Crippen molar-refractivity contribution in [1.82, 2.24) is 4.57 Å². The average Bonchev–Trinajstić information content (AvgIpc) is 2.96. The van der Waals surface area contributed by atoms with Crippen molar-refractivity contribution in [2.75, 3.05) is 13.7 Å². The van der Waals surface area contributed by atoms with Crippen molar-refractivity contribution < 1.29 is 14.6 Å². The van der Waals surface area contributed by atoms with Crippen molar-refractivity contribution in [3.8, 4) is 11.5 Å². The maximum Gasteiger partial charge on any atom is 0.119 e. The molecule has 0 saturated heterocycles. The fraction of sp³-hybridized carbons (Fsp3) is 0.412. The van der Waals surface area contributed by atoms with Crippen LogP contribution in [0.3, 0.4) is 0 Å². The van der Waals surface area contributed by atoms with E-state index in [0.29, 0.717) is 6.61 Å². The molecule has 0 aliphatic rings. The van der Waals surface area contributed by atoms with Crippen molar-refractivity contribution in [3.63, 3.8) is 0 Å². The van der Waals surface area contributed by atoms with E-state index in [1.54, 1.807) is 7.11 Å². The molecule has 0 saturated carbocycles. The van der Waals surface area contributed by atoms with Crippen molar-refractivity contribution in [2.45, 2.75) is 26.5 Å². The summed E-state index contributed by atoms with van der Waals surface area (Å²) in [5.74, 6) is 1.86. The van der Waals surface area contributed by atoms with Gasteiger partial charge >= 0.3 is 0 Å². The normalized spacial score (nSPS) is 12.4. The van der Waals surface area contributed by atoms with E-state index < -0.39 is 6.10 Å². The van der Waals surface area contributed by atoms with Crippen LogP contribution in [0.5, 0.6) is 11.5 Å². The Labute approximate surface area is 125 Å². The van der Waals surface area contributed by atoms with Gasteiger partial charge in [0.25, 0.3) is 0 Å². The van der Waals surface area contributed by atoms with Crippen LogP contribution < -0.4 is 9.47 Å². The molecule has 0 aliphatic carbocycles. The molecule has 0 fully saturated rings. The van der Waals surface area contributed by atoms with Gasteiger partial charge in [0, 0.05) is 12.4 Å². The van der Waals surface area contributed by atoms with Crippen molar-refractivity contribution in [2.24, 2.45) is 5.92 Å². The van der Waals surface area contributed by atoms with Gasteiger partial charge in [-0.2, -0.15) is 0 Å². The number of nitrogens with zero attached hydrogens (tertiary/aromatic N) is 1. The van der Waals surface area contributed by atoms with Gasteiger partial charge in [0.2, 0.25) is 0 Å². The molecule has 114 valence electrons. The predicted octanol–water partition coefficient (Wildman–Crippen LogP) is 3.27. The number of aliphatic hydroxyl groups is 1. The minimum absolute atomic E-state index is 0.219. The van der Waals surface area contributed by atoms with Crippen LogP contribution >= 0.6 is 0 Å². The summed E-state index contributed by atoms with van der Waals surface area (Å²) in [5, 5.41) is 10.0. The Kier molecular flexibility index (Phi) is 5.28. The van der Waals surface area contributed by atoms with Crippen LogP contribution in [-0.4, -0.2) is 23.4 Å². The largest absolute Gasteiger partial charge is 0.497 e. The molecule has 1 aromatic carbocycles. The summed E-state index contributed by atoms with van der Waals surface area (Å²) in [7, 11) is 1.64. The molecule has 1 heterocycles. The van der Waals surface area contributed by atoms with Crippen LogP contribution in [0, 0.1) is 5.92 Å². The minimum Gasteiger partial charge on any atom is -0.497 e. The smallest absolute Gasteiger partial charge is 0.119 e. The lowest BCUT2D eigenvalue weighted by Gasteiger charge is -2.12. The molecule has 4 heteroatoms. The quantitative estimate of drug-likeness (QED) is 0.850. The van der Waals surface area contributed by atoms with Crippen LogP contribution in [0.1, 0.15) is 25.5 Å². The lowest BCUT2D eigenvalue weighted by molar-refractivity contribution is 0.127. The number of aromatic nitrogens is 1. The molecule has 0 aliphatic heterocycles. The minimum atomic E-state index is -0.409. The molecule has 1 atom stereocenters. The van der Waals surface area contributed by atoms with Gasteiger partial charge in [0.15, 0.2) is 0 Å². The molecule has 1 N–H and O–H groups in total. The van der Waals surface area contributed by atoms with Crippen LogP contribution in [0.2, 0.25) is 0 Å². The van der Waals surface area contributed by atoms with Gasteiger partial charge in [0.05, 0.1) is 19.8 Å². The second-order valence-electron chi connectivity index (χ2n) is 5.40. The first-order chi connectivity index (χ1) is 10.1. The average molecular weight is 289 g/mol. The van der Waals surface area contributed by atoms with Crippen molar-refractivity contribution in [3.05, 3.63) is 48.3 Å². The monoisotopic (exact) mass is 289 g/mol. The lowest BCUT2D eigenvalue weighted by Crippen LogP contribution is -2.07. The highest BCUT2D eigenvalue weighted by Gasteiger charge is 2.12. The molecule has 0 radical (unpaired) electrons. The van der Waals surface area contributed by atoms with Crippen LogP contribution in [0.15, 0.2) is 42.7 Å². The van der Waals surface area contributed by atoms with E-state index in [-0.39, 0.29) is 5.92 Å². The van der Waals surface area contributed by atoms with E-state index in [2.05, 4.69) is 0 Å². The predicted molar refractivity (Wildman–Crippen MR) is 82.7 cm³/mol.